The molecule has 0 saturated carbocycles. The van der Waals surface area contributed by atoms with Crippen LogP contribution in [0.2, 0.25) is 0 Å². The summed E-state index contributed by atoms with van der Waals surface area (Å²) in [4.78, 5) is 15.7. The van der Waals surface area contributed by atoms with Crippen molar-refractivity contribution in [3.63, 3.8) is 0 Å². The van der Waals surface area contributed by atoms with Gasteiger partial charge in [0.15, 0.2) is 0 Å². The molecular formula is C16H19NO2S. The van der Waals surface area contributed by atoms with Crippen LogP contribution in [0.25, 0.3) is 0 Å². The van der Waals surface area contributed by atoms with Gasteiger partial charge in [-0.05, 0) is 38.1 Å². The fraction of sp³-hybridized carbons (Fsp3) is 0.312. The van der Waals surface area contributed by atoms with Gasteiger partial charge in [0.25, 0.3) is 5.91 Å². The van der Waals surface area contributed by atoms with Gasteiger partial charge < -0.3 is 9.64 Å². The first-order valence-corrected chi connectivity index (χ1v) is 7.39. The van der Waals surface area contributed by atoms with E-state index in [1.165, 1.54) is 16.9 Å². The SMILES string of the molecule is Cc1ccc(OCCN(C)C(=O)c2ccc(C)s2)cc1. The van der Waals surface area contributed by atoms with Gasteiger partial charge in [-0.1, -0.05) is 17.7 Å². The molecule has 0 bridgehead atoms. The molecule has 3 nitrogen and oxygen atoms in total. The minimum absolute atomic E-state index is 0.0515. The van der Waals surface area contributed by atoms with Crippen LogP contribution in [0.4, 0.5) is 0 Å². The first-order valence-electron chi connectivity index (χ1n) is 6.57. The van der Waals surface area contributed by atoms with E-state index in [1.54, 1.807) is 11.9 Å². The predicted molar refractivity (Wildman–Crippen MR) is 82.7 cm³/mol. The van der Waals surface area contributed by atoms with Gasteiger partial charge >= 0.3 is 0 Å². The Hall–Kier alpha value is -1.81. The Labute approximate surface area is 123 Å². The molecule has 0 aliphatic carbocycles. The number of nitrogens with zero attached hydrogens (tertiary/aromatic N) is 1. The summed E-state index contributed by atoms with van der Waals surface area (Å²) in [6.45, 7) is 5.11. The van der Waals surface area contributed by atoms with Crippen molar-refractivity contribution in [2.45, 2.75) is 13.8 Å². The number of aryl methyl sites for hydroxylation is 2. The van der Waals surface area contributed by atoms with Crippen molar-refractivity contribution >= 4 is 17.2 Å². The molecule has 0 saturated heterocycles. The topological polar surface area (TPSA) is 29.5 Å². The van der Waals surface area contributed by atoms with Crippen molar-refractivity contribution in [1.29, 1.82) is 0 Å². The predicted octanol–water partition coefficient (Wildman–Crippen LogP) is 3.52. The second-order valence-corrected chi connectivity index (χ2v) is 6.09. The average molecular weight is 289 g/mol. The molecule has 2 rings (SSSR count). The lowest BCUT2D eigenvalue weighted by atomic mass is 10.2. The Morgan fingerprint density at radius 1 is 1.15 bits per heavy atom. The van der Waals surface area contributed by atoms with E-state index in [1.807, 2.05) is 50.2 Å². The summed E-state index contributed by atoms with van der Waals surface area (Å²) in [5, 5.41) is 0. The number of hydrogen-bond donors (Lipinski definition) is 0. The minimum Gasteiger partial charge on any atom is -0.492 e. The number of carbonyl (C=O) groups is 1. The lowest BCUT2D eigenvalue weighted by Crippen LogP contribution is -2.30. The van der Waals surface area contributed by atoms with Crippen molar-refractivity contribution in [3.05, 3.63) is 51.7 Å². The molecule has 4 heteroatoms. The molecule has 0 unspecified atom stereocenters. The van der Waals surface area contributed by atoms with Crippen LogP contribution in [0.1, 0.15) is 20.1 Å². The van der Waals surface area contributed by atoms with E-state index in [4.69, 9.17) is 4.74 Å². The number of rotatable bonds is 5. The standard InChI is InChI=1S/C16H19NO2S/c1-12-4-7-14(8-5-12)19-11-10-17(3)16(18)15-9-6-13(2)20-15/h4-9H,10-11H2,1-3H3. The lowest BCUT2D eigenvalue weighted by molar-refractivity contribution is 0.0778. The summed E-state index contributed by atoms with van der Waals surface area (Å²) in [5.41, 5.74) is 1.21. The van der Waals surface area contributed by atoms with Gasteiger partial charge in [-0.25, -0.2) is 0 Å². The summed E-state index contributed by atoms with van der Waals surface area (Å²) in [6, 6.07) is 11.8. The largest absolute Gasteiger partial charge is 0.492 e. The number of carbonyl (C=O) groups excluding carboxylic acids is 1. The zero-order valence-electron chi connectivity index (χ0n) is 12.1. The summed E-state index contributed by atoms with van der Waals surface area (Å²) in [5.74, 6) is 0.888. The Kier molecular flexibility index (Phi) is 4.79. The van der Waals surface area contributed by atoms with Crippen LogP contribution >= 0.6 is 11.3 Å². The van der Waals surface area contributed by atoms with E-state index < -0.39 is 0 Å². The van der Waals surface area contributed by atoms with Gasteiger partial charge in [0.05, 0.1) is 11.4 Å². The van der Waals surface area contributed by atoms with E-state index in [2.05, 4.69) is 0 Å². The zero-order chi connectivity index (χ0) is 14.5. The molecule has 0 atom stereocenters. The second kappa shape index (κ2) is 6.57. The van der Waals surface area contributed by atoms with Crippen molar-refractivity contribution in [1.82, 2.24) is 4.90 Å². The minimum atomic E-state index is 0.0515. The Morgan fingerprint density at radius 3 is 2.45 bits per heavy atom. The molecule has 0 spiro atoms. The number of benzene rings is 1. The van der Waals surface area contributed by atoms with E-state index in [9.17, 15) is 4.79 Å². The molecule has 1 aromatic carbocycles. The number of likely N-dealkylation sites (N-methyl/N-ethyl adjacent to an activating group) is 1. The van der Waals surface area contributed by atoms with Crippen molar-refractivity contribution in [2.24, 2.45) is 0 Å². The first kappa shape index (κ1) is 14.6. The molecule has 20 heavy (non-hydrogen) atoms. The van der Waals surface area contributed by atoms with Crippen molar-refractivity contribution < 1.29 is 9.53 Å². The molecule has 1 heterocycles. The van der Waals surface area contributed by atoms with Crippen LogP contribution in [0.3, 0.4) is 0 Å². The molecule has 0 aliphatic rings. The van der Waals surface area contributed by atoms with Gasteiger partial charge in [-0.3, -0.25) is 4.79 Å². The van der Waals surface area contributed by atoms with Crippen LogP contribution in [0.15, 0.2) is 36.4 Å². The maximum absolute atomic E-state index is 12.1. The fourth-order valence-electron chi connectivity index (χ4n) is 1.77. The van der Waals surface area contributed by atoms with E-state index in [0.29, 0.717) is 13.2 Å². The third kappa shape index (κ3) is 3.84. The number of ether oxygens (including phenoxy) is 1. The quantitative estimate of drug-likeness (QED) is 0.843. The van der Waals surface area contributed by atoms with Gasteiger partial charge in [0.1, 0.15) is 12.4 Å². The van der Waals surface area contributed by atoms with E-state index in [0.717, 1.165) is 15.5 Å². The average Bonchev–Trinajstić information content (AvgIpc) is 2.86. The van der Waals surface area contributed by atoms with Gasteiger partial charge in [-0.2, -0.15) is 0 Å². The molecule has 1 amide bonds. The van der Waals surface area contributed by atoms with Crippen LogP contribution < -0.4 is 4.74 Å². The summed E-state index contributed by atoms with van der Waals surface area (Å²) in [7, 11) is 1.80. The Balaban J connectivity index is 1.81. The summed E-state index contributed by atoms with van der Waals surface area (Å²) in [6.07, 6.45) is 0. The van der Waals surface area contributed by atoms with Crippen molar-refractivity contribution in [3.8, 4) is 5.75 Å². The fourth-order valence-corrected chi connectivity index (χ4v) is 2.64. The normalized spacial score (nSPS) is 10.3. The maximum Gasteiger partial charge on any atom is 0.263 e. The highest BCUT2D eigenvalue weighted by molar-refractivity contribution is 7.13. The highest BCUT2D eigenvalue weighted by atomic mass is 32.1. The molecule has 0 radical (unpaired) electrons. The smallest absolute Gasteiger partial charge is 0.263 e. The maximum atomic E-state index is 12.1. The third-order valence-electron chi connectivity index (χ3n) is 3.01. The van der Waals surface area contributed by atoms with Crippen LogP contribution in [0.5, 0.6) is 5.75 Å². The molecule has 0 N–H and O–H groups in total. The Bertz CT molecular complexity index is 574. The van der Waals surface area contributed by atoms with Crippen molar-refractivity contribution in [2.75, 3.05) is 20.2 Å². The van der Waals surface area contributed by atoms with Gasteiger partial charge in [0.2, 0.25) is 0 Å². The summed E-state index contributed by atoms with van der Waals surface area (Å²) < 4.78 is 5.63. The molecule has 0 fully saturated rings. The van der Waals surface area contributed by atoms with Crippen LogP contribution in [0, 0.1) is 13.8 Å². The van der Waals surface area contributed by atoms with Crippen LogP contribution in [-0.4, -0.2) is 31.0 Å². The molecule has 2 aromatic rings. The number of thiophene rings is 1. The highest BCUT2D eigenvalue weighted by Gasteiger charge is 2.13. The first-order chi connectivity index (χ1) is 9.56. The third-order valence-corrected chi connectivity index (χ3v) is 4.00. The van der Waals surface area contributed by atoms with E-state index >= 15 is 0 Å². The lowest BCUT2D eigenvalue weighted by Gasteiger charge is -2.16. The molecule has 0 aliphatic heterocycles. The van der Waals surface area contributed by atoms with Crippen LogP contribution in [-0.2, 0) is 0 Å². The number of amides is 1. The zero-order valence-corrected chi connectivity index (χ0v) is 12.9. The summed E-state index contributed by atoms with van der Waals surface area (Å²) >= 11 is 1.52. The highest BCUT2D eigenvalue weighted by Crippen LogP contribution is 2.16. The van der Waals surface area contributed by atoms with Gasteiger partial charge in [0, 0.05) is 11.9 Å². The second-order valence-electron chi connectivity index (χ2n) is 4.80. The molecule has 1 aromatic heterocycles. The monoisotopic (exact) mass is 289 g/mol. The number of hydrogen-bond acceptors (Lipinski definition) is 3. The Morgan fingerprint density at radius 2 is 1.85 bits per heavy atom. The molecular weight excluding hydrogens is 270 g/mol. The molecule has 106 valence electrons. The van der Waals surface area contributed by atoms with Gasteiger partial charge in [-0.15, -0.1) is 11.3 Å². The van der Waals surface area contributed by atoms with E-state index in [-0.39, 0.29) is 5.91 Å².